The highest BCUT2D eigenvalue weighted by molar-refractivity contribution is 5.85. The molecule has 15 aromatic carbocycles. The maximum absolute atomic E-state index is 2.41. The zero-order chi connectivity index (χ0) is 69.0. The first-order valence-electron chi connectivity index (χ1n) is 35.1. The summed E-state index contributed by atoms with van der Waals surface area (Å²) in [5.41, 5.74) is 31.1. The van der Waals surface area contributed by atoms with Gasteiger partial charge in [-0.2, -0.15) is 0 Å². The van der Waals surface area contributed by atoms with E-state index in [9.17, 15) is 0 Å². The molecule has 0 aliphatic carbocycles. The van der Waals surface area contributed by atoms with Gasteiger partial charge in [0.05, 0.1) is 0 Å². The fourth-order valence-electron chi connectivity index (χ4n) is 13.7. The third-order valence-corrected chi connectivity index (χ3v) is 18.9. The number of anilines is 12. The van der Waals surface area contributed by atoms with E-state index < -0.39 is 0 Å². The van der Waals surface area contributed by atoms with Gasteiger partial charge in [-0.1, -0.05) is 273 Å². The smallest absolute Gasteiger partial charge is 0.0493 e. The molecular weight excluding hydrogens is 1230 g/mol. The maximum Gasteiger partial charge on any atom is 0.0493 e. The molecule has 0 aromatic heterocycles. The van der Waals surface area contributed by atoms with Crippen molar-refractivity contribution in [1.82, 2.24) is 0 Å². The van der Waals surface area contributed by atoms with E-state index in [-0.39, 0.29) is 0 Å². The summed E-state index contributed by atoms with van der Waals surface area (Å²) in [5.74, 6) is 0. The Labute approximate surface area is 601 Å². The van der Waals surface area contributed by atoms with Crippen molar-refractivity contribution in [1.29, 1.82) is 0 Å². The summed E-state index contributed by atoms with van der Waals surface area (Å²) in [7, 11) is 0. The lowest BCUT2D eigenvalue weighted by Crippen LogP contribution is -2.12. The summed E-state index contributed by atoms with van der Waals surface area (Å²) in [4.78, 5) is 9.41. The first-order chi connectivity index (χ1) is 50.3. The van der Waals surface area contributed by atoms with Crippen molar-refractivity contribution >= 4 is 92.6 Å². The van der Waals surface area contributed by atoms with E-state index in [1.54, 1.807) is 0 Å². The molecular formula is C98H78N4. The number of hydrogen-bond acceptors (Lipinski definition) is 4. The zero-order valence-electron chi connectivity index (χ0n) is 57.7. The van der Waals surface area contributed by atoms with Crippen LogP contribution in [0, 0.1) is 20.8 Å². The van der Waals surface area contributed by atoms with Crippen LogP contribution in [0.2, 0.25) is 0 Å². The van der Waals surface area contributed by atoms with E-state index in [4.69, 9.17) is 0 Å². The molecule has 0 aliphatic rings. The summed E-state index contributed by atoms with van der Waals surface area (Å²) in [6, 6.07) is 138. The normalized spacial score (nSPS) is 11.2. The zero-order valence-corrected chi connectivity index (χ0v) is 57.7. The molecule has 0 saturated heterocycles. The third kappa shape index (κ3) is 15.0. The molecule has 0 bridgehead atoms. The SMILES string of the molecule is Cc1cc(Cc2ccc(C)c(N(c3ccc(C=Cc4ccc(-c5ccc(N(c6ccccc6)c6ccccc6)cc5)cc4)cc3)c3ccc(-c4ccccc4)cc3)c2)cc(N(c2ccc(C=Cc3ccc(-c4ccc(N(c5ccccc5)c5ccccc5)cc4)cc3)cc2)c2ccccc2C)c1. The van der Waals surface area contributed by atoms with E-state index >= 15 is 0 Å². The van der Waals surface area contributed by atoms with Crippen LogP contribution < -0.4 is 19.6 Å². The summed E-state index contributed by atoms with van der Waals surface area (Å²) in [5, 5.41) is 0. The third-order valence-electron chi connectivity index (χ3n) is 18.9. The second kappa shape index (κ2) is 30.4. The second-order valence-electron chi connectivity index (χ2n) is 26.0. The molecule has 4 heteroatoms. The fourth-order valence-corrected chi connectivity index (χ4v) is 13.7. The average molecular weight is 1310 g/mol. The highest BCUT2D eigenvalue weighted by Crippen LogP contribution is 2.43. The number of para-hydroxylation sites is 5. The van der Waals surface area contributed by atoms with Crippen molar-refractivity contribution in [2.75, 3.05) is 19.6 Å². The molecule has 0 atom stereocenters. The highest BCUT2D eigenvalue weighted by atomic mass is 15.2. The van der Waals surface area contributed by atoms with Crippen molar-refractivity contribution in [2.45, 2.75) is 27.2 Å². The molecule has 0 fully saturated rings. The number of hydrogen-bond donors (Lipinski definition) is 0. The Morgan fingerprint density at radius 3 is 0.863 bits per heavy atom. The number of aryl methyl sites for hydroxylation is 3. The molecule has 0 aliphatic heterocycles. The van der Waals surface area contributed by atoms with E-state index in [0.717, 1.165) is 96.9 Å². The van der Waals surface area contributed by atoms with Crippen LogP contribution in [0.4, 0.5) is 68.2 Å². The molecule has 0 spiro atoms. The van der Waals surface area contributed by atoms with Gasteiger partial charge >= 0.3 is 0 Å². The monoisotopic (exact) mass is 1310 g/mol. The van der Waals surface area contributed by atoms with Gasteiger partial charge in [0.25, 0.3) is 0 Å². The molecule has 0 radical (unpaired) electrons. The van der Waals surface area contributed by atoms with Crippen LogP contribution in [0.1, 0.15) is 50.1 Å². The summed E-state index contributed by atoms with van der Waals surface area (Å²) in [6.45, 7) is 6.65. The minimum atomic E-state index is 0.753. The Morgan fingerprint density at radius 1 is 0.196 bits per heavy atom. The van der Waals surface area contributed by atoms with E-state index in [0.29, 0.717) is 0 Å². The number of benzene rings is 15. The molecule has 0 saturated carbocycles. The Hall–Kier alpha value is -13.0. The largest absolute Gasteiger partial charge is 0.311 e. The lowest BCUT2D eigenvalue weighted by atomic mass is 9.98. The topological polar surface area (TPSA) is 13.0 Å². The Bertz CT molecular complexity index is 5230. The van der Waals surface area contributed by atoms with Crippen molar-refractivity contribution in [3.05, 3.63) is 432 Å². The molecule has 102 heavy (non-hydrogen) atoms. The van der Waals surface area contributed by atoms with E-state index in [1.165, 1.54) is 61.2 Å². The van der Waals surface area contributed by atoms with Crippen molar-refractivity contribution in [3.8, 4) is 33.4 Å². The Morgan fingerprint density at radius 2 is 0.480 bits per heavy atom. The molecule has 15 aromatic rings. The van der Waals surface area contributed by atoms with Crippen molar-refractivity contribution < 1.29 is 0 Å². The number of nitrogens with zero attached hydrogens (tertiary/aromatic N) is 4. The Kier molecular flexibility index (Phi) is 19.4. The Balaban J connectivity index is 0.657. The minimum absolute atomic E-state index is 0.753. The van der Waals surface area contributed by atoms with Crippen molar-refractivity contribution in [2.24, 2.45) is 0 Å². The van der Waals surface area contributed by atoms with Crippen LogP contribution in [0.5, 0.6) is 0 Å². The van der Waals surface area contributed by atoms with Crippen LogP contribution in [0.3, 0.4) is 0 Å². The van der Waals surface area contributed by atoms with Crippen molar-refractivity contribution in [3.63, 3.8) is 0 Å². The average Bonchev–Trinajstić information content (AvgIpc) is 0.794. The van der Waals surface area contributed by atoms with Gasteiger partial charge in [-0.15, -0.1) is 0 Å². The van der Waals surface area contributed by atoms with Gasteiger partial charge in [0.1, 0.15) is 0 Å². The van der Waals surface area contributed by atoms with Gasteiger partial charge in [0.2, 0.25) is 0 Å². The molecule has 4 nitrogen and oxygen atoms in total. The fraction of sp³-hybridized carbons (Fsp3) is 0.0408. The molecule has 0 N–H and O–H groups in total. The predicted octanol–water partition coefficient (Wildman–Crippen LogP) is 27.4. The lowest BCUT2D eigenvalue weighted by molar-refractivity contribution is 1.15. The van der Waals surface area contributed by atoms with Gasteiger partial charge < -0.3 is 19.6 Å². The van der Waals surface area contributed by atoms with E-state index in [2.05, 4.69) is 447 Å². The maximum atomic E-state index is 2.41. The summed E-state index contributed by atoms with van der Waals surface area (Å²) < 4.78 is 0. The van der Waals surface area contributed by atoms with Crippen LogP contribution in [0.25, 0.3) is 57.7 Å². The first-order valence-corrected chi connectivity index (χ1v) is 35.1. The molecule has 0 heterocycles. The number of rotatable bonds is 21. The first kappa shape index (κ1) is 64.9. The molecule has 490 valence electrons. The van der Waals surface area contributed by atoms with Gasteiger partial charge in [-0.3, -0.25) is 0 Å². The van der Waals surface area contributed by atoms with Gasteiger partial charge in [-0.05, 0) is 244 Å². The van der Waals surface area contributed by atoms with Gasteiger partial charge in [0.15, 0.2) is 0 Å². The molecule has 15 rings (SSSR count). The van der Waals surface area contributed by atoms with E-state index in [1.807, 2.05) is 0 Å². The van der Waals surface area contributed by atoms with Gasteiger partial charge in [-0.25, -0.2) is 0 Å². The predicted molar refractivity (Wildman–Crippen MR) is 436 cm³/mol. The molecule has 0 unspecified atom stereocenters. The lowest BCUT2D eigenvalue weighted by Gasteiger charge is -2.28. The van der Waals surface area contributed by atoms with Gasteiger partial charge in [0, 0.05) is 68.2 Å². The highest BCUT2D eigenvalue weighted by Gasteiger charge is 2.20. The van der Waals surface area contributed by atoms with Crippen LogP contribution >= 0.6 is 0 Å². The second-order valence-corrected chi connectivity index (χ2v) is 26.0. The molecule has 0 amide bonds. The van der Waals surface area contributed by atoms with Crippen LogP contribution in [0.15, 0.2) is 382 Å². The standard InChI is InChI=1S/C98H78N4/c1-72-67-80(70-96(68-72)102(97-32-20-19-21-73(97)2)94-59-45-78(46-60-94)38-36-76-41-49-83(50-42-76)86-53-63-92(64-54-86)100(89-28-15-7-16-29-89)90-30-17-8-18-31-90)69-79-34-33-74(3)98(71-79)101(95-65-55-84(56-66-95)81-22-9-4-10-23-81)93-57-43-77(44-58-93)37-35-75-39-47-82(48-40-75)85-51-61-91(62-52-85)99(87-24-11-5-12-25-87)88-26-13-6-14-27-88/h4-68,70-71H,69H2,1-3H3. The van der Waals surface area contributed by atoms with Crippen LogP contribution in [-0.4, -0.2) is 0 Å². The van der Waals surface area contributed by atoms with Crippen LogP contribution in [-0.2, 0) is 6.42 Å². The quantitative estimate of drug-likeness (QED) is 0.0665. The summed E-state index contributed by atoms with van der Waals surface area (Å²) >= 11 is 0. The summed E-state index contributed by atoms with van der Waals surface area (Å²) in [6.07, 6.45) is 9.57. The minimum Gasteiger partial charge on any atom is -0.311 e.